The summed E-state index contributed by atoms with van der Waals surface area (Å²) in [5, 5.41) is 5.23. The first-order valence-corrected chi connectivity index (χ1v) is 11.3. The minimum Gasteiger partial charge on any atom is -0.494 e. The fourth-order valence-electron chi connectivity index (χ4n) is 4.04. The summed E-state index contributed by atoms with van der Waals surface area (Å²) in [6.45, 7) is 1.54. The molecule has 0 saturated heterocycles. The maximum atomic E-state index is 13.1. The Bertz CT molecular complexity index is 1440. The summed E-state index contributed by atoms with van der Waals surface area (Å²) in [5.74, 6) is 0.978. The number of benzene rings is 4. The van der Waals surface area contributed by atoms with Crippen molar-refractivity contribution >= 4 is 27.7 Å². The van der Waals surface area contributed by atoms with Crippen LogP contribution in [-0.2, 0) is 13.1 Å². The van der Waals surface area contributed by atoms with Crippen LogP contribution in [0.1, 0.15) is 22.6 Å². The van der Waals surface area contributed by atoms with Crippen LogP contribution in [0.2, 0.25) is 0 Å². The van der Waals surface area contributed by atoms with Crippen molar-refractivity contribution in [3.8, 4) is 5.75 Å². The number of imidazole rings is 1. The van der Waals surface area contributed by atoms with Gasteiger partial charge in [0.25, 0.3) is 5.91 Å². The minimum atomic E-state index is -0.371. The number of ether oxygens (including phenoxy) is 1. The molecule has 0 atom stereocenters. The van der Waals surface area contributed by atoms with Gasteiger partial charge in [0, 0.05) is 12.1 Å². The fourth-order valence-corrected chi connectivity index (χ4v) is 4.04. The van der Waals surface area contributed by atoms with E-state index in [4.69, 9.17) is 9.72 Å². The van der Waals surface area contributed by atoms with E-state index in [-0.39, 0.29) is 18.3 Å². The van der Waals surface area contributed by atoms with E-state index in [2.05, 4.69) is 34.1 Å². The van der Waals surface area contributed by atoms with Crippen molar-refractivity contribution in [3.63, 3.8) is 0 Å². The molecule has 0 aliphatic heterocycles. The summed E-state index contributed by atoms with van der Waals surface area (Å²) >= 11 is 0. The molecule has 1 heterocycles. The average Bonchev–Trinajstić information content (AvgIpc) is 3.23. The van der Waals surface area contributed by atoms with Crippen LogP contribution < -0.4 is 10.1 Å². The highest BCUT2D eigenvalue weighted by Gasteiger charge is 2.12. The lowest BCUT2D eigenvalue weighted by atomic mass is 10.1. The number of fused-ring (bicyclic) bond motifs is 2. The number of rotatable bonds is 8. The van der Waals surface area contributed by atoms with E-state index in [9.17, 15) is 9.18 Å². The van der Waals surface area contributed by atoms with Crippen LogP contribution in [-0.4, -0.2) is 22.1 Å². The molecule has 170 valence electrons. The molecule has 0 aliphatic carbocycles. The highest BCUT2D eigenvalue weighted by atomic mass is 19.1. The minimum absolute atomic E-state index is 0.266. The van der Waals surface area contributed by atoms with Crippen LogP contribution in [0, 0.1) is 5.82 Å². The zero-order valence-electron chi connectivity index (χ0n) is 18.6. The van der Waals surface area contributed by atoms with E-state index in [1.807, 2.05) is 42.5 Å². The third-order valence-electron chi connectivity index (χ3n) is 5.76. The van der Waals surface area contributed by atoms with Crippen LogP contribution in [0.15, 0.2) is 91.0 Å². The van der Waals surface area contributed by atoms with Crippen LogP contribution in [0.5, 0.6) is 5.75 Å². The number of carbonyl (C=O) groups is 1. The summed E-state index contributed by atoms with van der Waals surface area (Å²) in [6.07, 6.45) is 0.784. The van der Waals surface area contributed by atoms with Crippen LogP contribution in [0.4, 0.5) is 4.39 Å². The quantitative estimate of drug-likeness (QED) is 0.305. The van der Waals surface area contributed by atoms with Gasteiger partial charge in [-0.3, -0.25) is 4.79 Å². The van der Waals surface area contributed by atoms with Crippen molar-refractivity contribution in [1.82, 2.24) is 14.9 Å². The van der Waals surface area contributed by atoms with Gasteiger partial charge in [-0.2, -0.15) is 0 Å². The Morgan fingerprint density at radius 3 is 2.53 bits per heavy atom. The largest absolute Gasteiger partial charge is 0.494 e. The predicted octanol–water partition coefficient (Wildman–Crippen LogP) is 5.73. The molecule has 1 aromatic heterocycles. The molecule has 1 amide bonds. The molecule has 6 heteroatoms. The van der Waals surface area contributed by atoms with Gasteiger partial charge >= 0.3 is 0 Å². The van der Waals surface area contributed by atoms with Crippen molar-refractivity contribution in [1.29, 1.82) is 0 Å². The highest BCUT2D eigenvalue weighted by Crippen LogP contribution is 2.21. The maximum absolute atomic E-state index is 13.1. The molecule has 0 saturated carbocycles. The third-order valence-corrected chi connectivity index (χ3v) is 5.76. The average molecular weight is 454 g/mol. The molecule has 5 nitrogen and oxygen atoms in total. The van der Waals surface area contributed by atoms with Gasteiger partial charge < -0.3 is 14.6 Å². The second-order valence-electron chi connectivity index (χ2n) is 8.07. The predicted molar refractivity (Wildman–Crippen MR) is 131 cm³/mol. The molecule has 34 heavy (non-hydrogen) atoms. The molecule has 5 rings (SSSR count). The number of halogens is 1. The number of nitrogens with zero attached hydrogens (tertiary/aromatic N) is 2. The Morgan fingerprint density at radius 1 is 0.912 bits per heavy atom. The molecule has 1 N–H and O–H groups in total. The molecular formula is C28H24FN3O2. The highest BCUT2D eigenvalue weighted by molar-refractivity contribution is 5.94. The van der Waals surface area contributed by atoms with E-state index < -0.39 is 0 Å². The molecular weight excluding hydrogens is 429 g/mol. The number of amides is 1. The number of para-hydroxylation sites is 2. The summed E-state index contributed by atoms with van der Waals surface area (Å²) < 4.78 is 21.3. The SMILES string of the molecule is O=C(NCc1nc2ccccc2n1CCCOc1ccc2ccccc2c1)c1ccc(F)cc1. The van der Waals surface area contributed by atoms with Gasteiger partial charge in [0.1, 0.15) is 17.4 Å². The first kappa shape index (κ1) is 21.6. The molecule has 4 aromatic carbocycles. The lowest BCUT2D eigenvalue weighted by molar-refractivity contribution is 0.0949. The summed E-state index contributed by atoms with van der Waals surface area (Å²) in [4.78, 5) is 17.2. The Labute approximate surface area is 196 Å². The molecule has 0 aliphatic rings. The first-order valence-electron chi connectivity index (χ1n) is 11.3. The van der Waals surface area contributed by atoms with E-state index in [0.717, 1.165) is 34.4 Å². The van der Waals surface area contributed by atoms with Gasteiger partial charge in [0.2, 0.25) is 0 Å². The summed E-state index contributed by atoms with van der Waals surface area (Å²) in [7, 11) is 0. The Hall–Kier alpha value is -4.19. The molecule has 0 radical (unpaired) electrons. The second kappa shape index (κ2) is 9.75. The van der Waals surface area contributed by atoms with E-state index in [1.165, 1.54) is 29.7 Å². The summed E-state index contributed by atoms with van der Waals surface area (Å²) in [6, 6.07) is 27.7. The molecule has 0 bridgehead atoms. The number of hydrogen-bond donors (Lipinski definition) is 1. The standard InChI is InChI=1S/C28H24FN3O2/c29-23-13-10-21(11-14-23)28(33)30-19-27-31-25-8-3-4-9-26(25)32(27)16-5-17-34-24-15-12-20-6-1-2-7-22(20)18-24/h1-4,6-15,18H,5,16-17,19H2,(H,30,33). The Balaban J connectivity index is 1.25. The van der Waals surface area contributed by atoms with E-state index in [1.54, 1.807) is 0 Å². The van der Waals surface area contributed by atoms with Crippen LogP contribution >= 0.6 is 0 Å². The fraction of sp³-hybridized carbons (Fsp3) is 0.143. The smallest absolute Gasteiger partial charge is 0.251 e. The zero-order chi connectivity index (χ0) is 23.3. The van der Waals surface area contributed by atoms with Crippen molar-refractivity contribution < 1.29 is 13.9 Å². The molecule has 0 spiro atoms. The van der Waals surface area contributed by atoms with Crippen molar-refractivity contribution in [2.75, 3.05) is 6.61 Å². The first-order chi connectivity index (χ1) is 16.7. The number of aryl methyl sites for hydroxylation is 1. The van der Waals surface area contributed by atoms with Gasteiger partial charge in [-0.05, 0) is 65.7 Å². The number of hydrogen-bond acceptors (Lipinski definition) is 3. The monoisotopic (exact) mass is 453 g/mol. The second-order valence-corrected chi connectivity index (χ2v) is 8.07. The zero-order valence-corrected chi connectivity index (χ0v) is 18.6. The molecule has 0 unspecified atom stereocenters. The van der Waals surface area contributed by atoms with Crippen molar-refractivity contribution in [3.05, 3.63) is 108 Å². The lowest BCUT2D eigenvalue weighted by Crippen LogP contribution is -2.25. The van der Waals surface area contributed by atoms with Gasteiger partial charge in [0.05, 0.1) is 24.2 Å². The topological polar surface area (TPSA) is 56.2 Å². The number of carbonyl (C=O) groups excluding carboxylic acids is 1. The van der Waals surface area contributed by atoms with Gasteiger partial charge in [0.15, 0.2) is 0 Å². The van der Waals surface area contributed by atoms with Gasteiger partial charge in [-0.1, -0.05) is 42.5 Å². The number of nitrogens with one attached hydrogen (secondary N) is 1. The molecule has 5 aromatic rings. The Kier molecular flexibility index (Phi) is 6.21. The normalized spacial score (nSPS) is 11.1. The Morgan fingerprint density at radius 2 is 1.68 bits per heavy atom. The summed E-state index contributed by atoms with van der Waals surface area (Å²) in [5.41, 5.74) is 2.30. The van der Waals surface area contributed by atoms with Crippen molar-refractivity contribution in [2.24, 2.45) is 0 Å². The van der Waals surface area contributed by atoms with Crippen LogP contribution in [0.3, 0.4) is 0 Å². The van der Waals surface area contributed by atoms with Gasteiger partial charge in [-0.15, -0.1) is 0 Å². The third kappa shape index (κ3) is 4.76. The van der Waals surface area contributed by atoms with Gasteiger partial charge in [-0.25, -0.2) is 9.37 Å². The van der Waals surface area contributed by atoms with E-state index in [0.29, 0.717) is 18.7 Å². The lowest BCUT2D eigenvalue weighted by Gasteiger charge is -2.12. The van der Waals surface area contributed by atoms with Crippen LogP contribution in [0.25, 0.3) is 21.8 Å². The maximum Gasteiger partial charge on any atom is 0.251 e. The van der Waals surface area contributed by atoms with Crippen molar-refractivity contribution in [2.45, 2.75) is 19.5 Å². The van der Waals surface area contributed by atoms with E-state index >= 15 is 0 Å². The molecule has 0 fully saturated rings. The number of aromatic nitrogens is 2.